The third kappa shape index (κ3) is 5.57. The molecule has 7 heteroatoms. The molecule has 1 amide bonds. The second-order valence-electron chi connectivity index (χ2n) is 9.00. The summed E-state index contributed by atoms with van der Waals surface area (Å²) in [5.74, 6) is 0.366. The number of carbonyl (C=O) groups is 2. The molecule has 0 saturated carbocycles. The van der Waals surface area contributed by atoms with Crippen molar-refractivity contribution in [2.45, 2.75) is 13.8 Å². The third-order valence-corrected chi connectivity index (χ3v) is 6.16. The first-order chi connectivity index (χ1) is 18.9. The van der Waals surface area contributed by atoms with Crippen LogP contribution in [-0.4, -0.2) is 28.8 Å². The van der Waals surface area contributed by atoms with Crippen molar-refractivity contribution >= 4 is 17.6 Å². The number of hydrogen-bond acceptors (Lipinski definition) is 5. The predicted octanol–water partition coefficient (Wildman–Crippen LogP) is 6.70. The first kappa shape index (κ1) is 25.5. The molecular formula is C32H27N3O4. The van der Waals surface area contributed by atoms with E-state index in [1.807, 2.05) is 97.9 Å². The second-order valence-corrected chi connectivity index (χ2v) is 9.00. The molecule has 0 aliphatic heterocycles. The lowest BCUT2D eigenvalue weighted by Crippen LogP contribution is -2.11. The lowest BCUT2D eigenvalue weighted by atomic mass is 10.0. The molecule has 1 heterocycles. The van der Waals surface area contributed by atoms with Crippen molar-refractivity contribution in [3.05, 3.63) is 114 Å². The largest absolute Gasteiger partial charge is 0.497 e. The van der Waals surface area contributed by atoms with Crippen molar-refractivity contribution in [1.82, 2.24) is 9.78 Å². The summed E-state index contributed by atoms with van der Waals surface area (Å²) in [6.45, 7) is 3.36. The van der Waals surface area contributed by atoms with Crippen LogP contribution in [-0.2, 0) is 4.79 Å². The van der Waals surface area contributed by atoms with E-state index in [1.54, 1.807) is 23.9 Å². The number of rotatable bonds is 7. The van der Waals surface area contributed by atoms with Crippen molar-refractivity contribution in [1.29, 1.82) is 0 Å². The first-order valence-corrected chi connectivity index (χ1v) is 12.4. The summed E-state index contributed by atoms with van der Waals surface area (Å²) in [6.07, 6.45) is 0. The van der Waals surface area contributed by atoms with Crippen molar-refractivity contribution < 1.29 is 19.1 Å². The van der Waals surface area contributed by atoms with Gasteiger partial charge >= 0.3 is 5.97 Å². The quantitative estimate of drug-likeness (QED) is 0.243. The maximum Gasteiger partial charge on any atom is 0.309 e. The van der Waals surface area contributed by atoms with Gasteiger partial charge in [-0.2, -0.15) is 9.78 Å². The number of nitrogens with one attached hydrogen (secondary N) is 1. The second kappa shape index (κ2) is 11.1. The van der Waals surface area contributed by atoms with Crippen LogP contribution in [0.1, 0.15) is 22.8 Å². The Morgan fingerprint density at radius 3 is 2.15 bits per heavy atom. The molecule has 0 bridgehead atoms. The van der Waals surface area contributed by atoms with Gasteiger partial charge in [-0.3, -0.25) is 9.59 Å². The highest BCUT2D eigenvalue weighted by Crippen LogP contribution is 2.41. The number of carbonyl (C=O) groups excluding carboxylic acids is 2. The fraction of sp³-hybridized carbons (Fsp3) is 0.0938. The standard InChI is InChI=1S/C32H27N3O4/c1-21-8-7-11-27(20-21)35-32(39-22(2)36)29(30(34-35)24-14-18-28(38-3)19-15-24)23-12-16-26(17-13-23)33-31(37)25-9-5-4-6-10-25/h4-20H,1-3H3,(H,33,37). The zero-order valence-electron chi connectivity index (χ0n) is 21.8. The van der Waals surface area contributed by atoms with E-state index in [2.05, 4.69) is 5.32 Å². The normalized spacial score (nSPS) is 10.6. The molecule has 0 saturated heterocycles. The van der Waals surface area contributed by atoms with Gasteiger partial charge in [0, 0.05) is 23.7 Å². The molecule has 5 rings (SSSR count). The van der Waals surface area contributed by atoms with Crippen LogP contribution in [0.5, 0.6) is 11.6 Å². The molecule has 5 aromatic rings. The highest BCUT2D eigenvalue weighted by Gasteiger charge is 2.25. The Kier molecular flexibility index (Phi) is 7.23. The average Bonchev–Trinajstić information content (AvgIpc) is 3.32. The Labute approximate surface area is 226 Å². The van der Waals surface area contributed by atoms with Crippen molar-refractivity contribution in [2.75, 3.05) is 12.4 Å². The molecule has 1 N–H and O–H groups in total. The van der Waals surface area contributed by atoms with Gasteiger partial charge in [0.05, 0.1) is 18.4 Å². The van der Waals surface area contributed by atoms with E-state index in [0.29, 0.717) is 28.4 Å². The van der Waals surface area contributed by atoms with Gasteiger partial charge in [0.1, 0.15) is 11.4 Å². The number of aryl methyl sites for hydroxylation is 1. The van der Waals surface area contributed by atoms with Crippen LogP contribution in [0.4, 0.5) is 5.69 Å². The van der Waals surface area contributed by atoms with E-state index < -0.39 is 5.97 Å². The summed E-state index contributed by atoms with van der Waals surface area (Å²) in [7, 11) is 1.61. The molecule has 4 aromatic carbocycles. The molecular weight excluding hydrogens is 490 g/mol. The molecule has 0 radical (unpaired) electrons. The topological polar surface area (TPSA) is 82.4 Å². The van der Waals surface area contributed by atoms with Gasteiger partial charge in [-0.05, 0) is 78.7 Å². The minimum atomic E-state index is -0.460. The van der Waals surface area contributed by atoms with Gasteiger partial charge in [0.25, 0.3) is 5.91 Å². The molecule has 0 fully saturated rings. The van der Waals surface area contributed by atoms with Crippen LogP contribution in [0.2, 0.25) is 0 Å². The maximum absolute atomic E-state index is 12.6. The van der Waals surface area contributed by atoms with Gasteiger partial charge in [-0.25, -0.2) is 0 Å². The number of hydrogen-bond donors (Lipinski definition) is 1. The number of ether oxygens (including phenoxy) is 2. The van der Waals surface area contributed by atoms with E-state index in [9.17, 15) is 9.59 Å². The van der Waals surface area contributed by atoms with E-state index in [4.69, 9.17) is 14.6 Å². The molecule has 39 heavy (non-hydrogen) atoms. The third-order valence-electron chi connectivity index (χ3n) is 6.16. The Bertz CT molecular complexity index is 1620. The first-order valence-electron chi connectivity index (χ1n) is 12.4. The Morgan fingerprint density at radius 2 is 1.51 bits per heavy atom. The molecule has 7 nitrogen and oxygen atoms in total. The SMILES string of the molecule is COc1ccc(-c2nn(-c3cccc(C)c3)c(OC(C)=O)c2-c2ccc(NC(=O)c3ccccc3)cc2)cc1. The van der Waals surface area contributed by atoms with Gasteiger partial charge in [-0.15, -0.1) is 0 Å². The summed E-state index contributed by atoms with van der Waals surface area (Å²) >= 11 is 0. The average molecular weight is 518 g/mol. The van der Waals surface area contributed by atoms with E-state index in [-0.39, 0.29) is 5.91 Å². The molecule has 0 aliphatic carbocycles. The Balaban J connectivity index is 1.62. The lowest BCUT2D eigenvalue weighted by Gasteiger charge is -2.11. The highest BCUT2D eigenvalue weighted by atomic mass is 16.5. The van der Waals surface area contributed by atoms with E-state index in [0.717, 1.165) is 28.1 Å². The van der Waals surface area contributed by atoms with Crippen molar-refractivity contribution in [2.24, 2.45) is 0 Å². The van der Waals surface area contributed by atoms with Crippen LogP contribution in [0.15, 0.2) is 103 Å². The summed E-state index contributed by atoms with van der Waals surface area (Å²) in [6, 6.07) is 31.8. The Hall–Kier alpha value is -5.17. The lowest BCUT2D eigenvalue weighted by molar-refractivity contribution is -0.132. The van der Waals surface area contributed by atoms with Crippen LogP contribution in [0.3, 0.4) is 0 Å². The number of anilines is 1. The monoisotopic (exact) mass is 517 g/mol. The zero-order valence-corrected chi connectivity index (χ0v) is 21.8. The van der Waals surface area contributed by atoms with Crippen molar-refractivity contribution in [3.63, 3.8) is 0 Å². The zero-order chi connectivity index (χ0) is 27.4. The molecule has 0 atom stereocenters. The summed E-state index contributed by atoms with van der Waals surface area (Å²) < 4.78 is 12.8. The van der Waals surface area contributed by atoms with Gasteiger partial charge in [0.15, 0.2) is 0 Å². The summed E-state index contributed by atoms with van der Waals surface area (Å²) in [5.41, 5.74) is 5.90. The van der Waals surface area contributed by atoms with Crippen molar-refractivity contribution in [3.8, 4) is 39.7 Å². The van der Waals surface area contributed by atoms with E-state index in [1.165, 1.54) is 6.92 Å². The van der Waals surface area contributed by atoms with Crippen LogP contribution >= 0.6 is 0 Å². The number of methoxy groups -OCH3 is 1. The smallest absolute Gasteiger partial charge is 0.309 e. The number of aromatic nitrogens is 2. The molecule has 1 aromatic heterocycles. The fourth-order valence-corrected chi connectivity index (χ4v) is 4.29. The van der Waals surface area contributed by atoms with Gasteiger partial charge < -0.3 is 14.8 Å². The summed E-state index contributed by atoms with van der Waals surface area (Å²) in [5, 5.41) is 7.84. The fourth-order valence-electron chi connectivity index (χ4n) is 4.29. The molecule has 0 spiro atoms. The predicted molar refractivity (Wildman–Crippen MR) is 151 cm³/mol. The maximum atomic E-state index is 12.6. The van der Waals surface area contributed by atoms with E-state index >= 15 is 0 Å². The molecule has 0 unspecified atom stereocenters. The molecule has 194 valence electrons. The molecule has 0 aliphatic rings. The number of nitrogens with zero attached hydrogens (tertiary/aromatic N) is 2. The number of benzene rings is 4. The minimum absolute atomic E-state index is 0.199. The van der Waals surface area contributed by atoms with Crippen LogP contribution < -0.4 is 14.8 Å². The van der Waals surface area contributed by atoms with Gasteiger partial charge in [0.2, 0.25) is 5.88 Å². The number of esters is 1. The highest BCUT2D eigenvalue weighted by molar-refractivity contribution is 6.04. The number of amides is 1. The van der Waals surface area contributed by atoms with Crippen LogP contribution in [0.25, 0.3) is 28.1 Å². The minimum Gasteiger partial charge on any atom is -0.497 e. The Morgan fingerprint density at radius 1 is 0.821 bits per heavy atom. The summed E-state index contributed by atoms with van der Waals surface area (Å²) in [4.78, 5) is 24.9. The van der Waals surface area contributed by atoms with Gasteiger partial charge in [-0.1, -0.05) is 42.5 Å². The van der Waals surface area contributed by atoms with Crippen LogP contribution in [0, 0.1) is 6.92 Å².